The molecule has 0 heterocycles. The molecule has 4 rings (SSSR count). The lowest BCUT2D eigenvalue weighted by Gasteiger charge is -2.27. The number of nitrogens with one attached hydrogen (secondary N) is 2. The second-order valence-corrected chi connectivity index (χ2v) is 8.86. The van der Waals surface area contributed by atoms with Crippen LogP contribution in [0.2, 0.25) is 0 Å². The van der Waals surface area contributed by atoms with Crippen molar-refractivity contribution in [3.63, 3.8) is 0 Å². The molecule has 164 valence electrons. The van der Waals surface area contributed by atoms with Crippen LogP contribution in [0.1, 0.15) is 36.0 Å². The standard InChI is InChI=1S/C27H28N2OS2/c1-2-8-23-24(30-26(31)21-9-4-3-5-10-21)16-15-19-11-6-12-20(25(19)23)17-18-28-27(32)29-22-13-7-14-22/h2-6,9-12,15-16,22H,1,7-8,13-14,17-18H2,(H2,28,29,32). The summed E-state index contributed by atoms with van der Waals surface area (Å²) in [6, 6.07) is 20.9. The first-order chi connectivity index (χ1) is 15.7. The van der Waals surface area contributed by atoms with E-state index in [-0.39, 0.29) is 0 Å². The molecule has 0 aliphatic heterocycles. The van der Waals surface area contributed by atoms with Crippen LogP contribution >= 0.6 is 24.4 Å². The minimum Gasteiger partial charge on any atom is -0.445 e. The van der Waals surface area contributed by atoms with Crippen molar-refractivity contribution < 1.29 is 4.74 Å². The zero-order valence-corrected chi connectivity index (χ0v) is 19.7. The van der Waals surface area contributed by atoms with Crippen molar-refractivity contribution in [2.45, 2.75) is 38.1 Å². The molecule has 2 N–H and O–H groups in total. The highest BCUT2D eigenvalue weighted by molar-refractivity contribution is 7.80. The zero-order valence-electron chi connectivity index (χ0n) is 18.1. The van der Waals surface area contributed by atoms with Crippen molar-refractivity contribution in [2.24, 2.45) is 0 Å². The number of benzene rings is 3. The van der Waals surface area contributed by atoms with Gasteiger partial charge in [0.05, 0.1) is 0 Å². The highest BCUT2D eigenvalue weighted by atomic mass is 32.1. The molecular weight excluding hydrogens is 432 g/mol. The van der Waals surface area contributed by atoms with Crippen LogP contribution in [-0.4, -0.2) is 22.7 Å². The van der Waals surface area contributed by atoms with E-state index in [9.17, 15) is 0 Å². The summed E-state index contributed by atoms with van der Waals surface area (Å²) in [5.74, 6) is 0.786. The van der Waals surface area contributed by atoms with E-state index >= 15 is 0 Å². The second kappa shape index (κ2) is 10.7. The summed E-state index contributed by atoms with van der Waals surface area (Å²) in [5.41, 5.74) is 3.27. The number of rotatable bonds is 8. The predicted octanol–water partition coefficient (Wildman–Crippen LogP) is 5.88. The summed E-state index contributed by atoms with van der Waals surface area (Å²) in [7, 11) is 0. The van der Waals surface area contributed by atoms with Crippen molar-refractivity contribution in [1.29, 1.82) is 0 Å². The average molecular weight is 461 g/mol. The third kappa shape index (κ3) is 5.34. The van der Waals surface area contributed by atoms with Crippen LogP contribution in [0.3, 0.4) is 0 Å². The molecule has 5 heteroatoms. The van der Waals surface area contributed by atoms with Gasteiger partial charge in [0.2, 0.25) is 0 Å². The molecule has 0 unspecified atom stereocenters. The molecule has 0 radical (unpaired) electrons. The van der Waals surface area contributed by atoms with Crippen LogP contribution in [-0.2, 0) is 12.8 Å². The largest absolute Gasteiger partial charge is 0.445 e. The summed E-state index contributed by atoms with van der Waals surface area (Å²) in [4.78, 5) is 0. The summed E-state index contributed by atoms with van der Waals surface area (Å²) in [6.07, 6.45) is 7.20. The highest BCUT2D eigenvalue weighted by Crippen LogP contribution is 2.32. The molecule has 3 aromatic rings. The Morgan fingerprint density at radius 2 is 1.84 bits per heavy atom. The summed E-state index contributed by atoms with van der Waals surface area (Å²) >= 11 is 11.0. The van der Waals surface area contributed by atoms with Crippen molar-refractivity contribution >= 4 is 45.4 Å². The van der Waals surface area contributed by atoms with E-state index in [1.807, 2.05) is 42.5 Å². The van der Waals surface area contributed by atoms with Gasteiger partial charge in [-0.3, -0.25) is 0 Å². The molecule has 1 aliphatic rings. The topological polar surface area (TPSA) is 33.3 Å². The smallest absolute Gasteiger partial charge is 0.198 e. The molecular formula is C27H28N2OS2. The molecule has 0 amide bonds. The van der Waals surface area contributed by atoms with E-state index in [0.717, 1.165) is 35.0 Å². The van der Waals surface area contributed by atoms with E-state index in [0.29, 0.717) is 17.5 Å². The fraction of sp³-hybridized carbons (Fsp3) is 0.259. The van der Waals surface area contributed by atoms with Crippen LogP contribution in [0.5, 0.6) is 5.75 Å². The minimum atomic E-state index is 0.474. The first-order valence-corrected chi connectivity index (χ1v) is 11.9. The van der Waals surface area contributed by atoms with Crippen molar-refractivity contribution in [2.75, 3.05) is 6.54 Å². The van der Waals surface area contributed by atoms with Crippen LogP contribution in [0.4, 0.5) is 0 Å². The number of hydrogen-bond acceptors (Lipinski definition) is 3. The van der Waals surface area contributed by atoms with Crippen molar-refractivity contribution in [3.05, 3.63) is 90.0 Å². The van der Waals surface area contributed by atoms with E-state index < -0.39 is 0 Å². The summed E-state index contributed by atoms with van der Waals surface area (Å²) in [5, 5.41) is 10.4. The van der Waals surface area contributed by atoms with E-state index in [4.69, 9.17) is 29.2 Å². The van der Waals surface area contributed by atoms with Crippen molar-refractivity contribution in [3.8, 4) is 5.75 Å². The molecule has 0 spiro atoms. The average Bonchev–Trinajstić information content (AvgIpc) is 2.78. The van der Waals surface area contributed by atoms with Crippen molar-refractivity contribution in [1.82, 2.24) is 10.6 Å². The van der Waals surface area contributed by atoms with Gasteiger partial charge in [0.15, 0.2) is 10.2 Å². The first kappa shape index (κ1) is 22.4. The van der Waals surface area contributed by atoms with E-state index in [1.54, 1.807) is 0 Å². The fourth-order valence-corrected chi connectivity index (χ4v) is 4.49. The van der Waals surface area contributed by atoms with Gasteiger partial charge in [0, 0.05) is 23.7 Å². The van der Waals surface area contributed by atoms with Gasteiger partial charge in [-0.05, 0) is 78.9 Å². The summed E-state index contributed by atoms with van der Waals surface area (Å²) in [6.45, 7) is 4.75. The Labute approximate surface area is 200 Å². The number of allylic oxidation sites excluding steroid dienone is 1. The number of ether oxygens (including phenoxy) is 1. The van der Waals surface area contributed by atoms with Gasteiger partial charge in [-0.15, -0.1) is 6.58 Å². The first-order valence-electron chi connectivity index (χ1n) is 11.1. The highest BCUT2D eigenvalue weighted by Gasteiger charge is 2.18. The lowest BCUT2D eigenvalue weighted by molar-refractivity contribution is 0.382. The Bertz CT molecular complexity index is 1120. The van der Waals surface area contributed by atoms with Gasteiger partial charge >= 0.3 is 0 Å². The molecule has 32 heavy (non-hydrogen) atoms. The van der Waals surface area contributed by atoms with Gasteiger partial charge in [-0.25, -0.2) is 0 Å². The lowest BCUT2D eigenvalue weighted by atomic mass is 9.93. The molecule has 1 saturated carbocycles. The Morgan fingerprint density at radius 1 is 1.03 bits per heavy atom. The third-order valence-electron chi connectivity index (χ3n) is 5.88. The number of fused-ring (bicyclic) bond motifs is 1. The van der Waals surface area contributed by atoms with Crippen LogP contribution in [0.15, 0.2) is 73.3 Å². The Hall–Kier alpha value is -2.76. The maximum atomic E-state index is 6.19. The molecule has 0 aromatic heterocycles. The molecule has 0 atom stereocenters. The zero-order chi connectivity index (χ0) is 22.3. The van der Waals surface area contributed by atoms with Gasteiger partial charge < -0.3 is 15.4 Å². The van der Waals surface area contributed by atoms with Gasteiger partial charge in [0.25, 0.3) is 0 Å². The van der Waals surface area contributed by atoms with Crippen LogP contribution in [0, 0.1) is 0 Å². The third-order valence-corrected chi connectivity index (χ3v) is 6.46. The van der Waals surface area contributed by atoms with E-state index in [2.05, 4.69) is 41.5 Å². The van der Waals surface area contributed by atoms with Crippen LogP contribution in [0.25, 0.3) is 10.8 Å². The van der Waals surface area contributed by atoms with Gasteiger partial charge in [-0.2, -0.15) is 0 Å². The normalized spacial score (nSPS) is 13.2. The van der Waals surface area contributed by atoms with Crippen LogP contribution < -0.4 is 15.4 Å². The monoisotopic (exact) mass is 460 g/mol. The van der Waals surface area contributed by atoms with E-state index in [1.165, 1.54) is 35.6 Å². The molecule has 0 saturated heterocycles. The maximum absolute atomic E-state index is 6.19. The fourth-order valence-electron chi connectivity index (χ4n) is 4.00. The molecule has 1 fully saturated rings. The predicted molar refractivity (Wildman–Crippen MR) is 142 cm³/mol. The number of thiocarbonyl (C=S) groups is 2. The Kier molecular flexibility index (Phi) is 7.51. The van der Waals surface area contributed by atoms with Gasteiger partial charge in [0.1, 0.15) is 5.75 Å². The minimum absolute atomic E-state index is 0.474. The Balaban J connectivity index is 1.56. The molecule has 3 nitrogen and oxygen atoms in total. The quantitative estimate of drug-likeness (QED) is 0.324. The second-order valence-electron chi connectivity index (χ2n) is 8.08. The van der Waals surface area contributed by atoms with Gasteiger partial charge in [-0.1, -0.05) is 60.7 Å². The Morgan fingerprint density at radius 3 is 2.56 bits per heavy atom. The summed E-state index contributed by atoms with van der Waals surface area (Å²) < 4.78 is 6.19. The molecule has 1 aliphatic carbocycles. The lowest BCUT2D eigenvalue weighted by Crippen LogP contribution is -2.45. The SMILES string of the molecule is C=CCc1c(OC(=S)c2ccccc2)ccc2cccc(CCNC(=S)NC3CCC3)c12. The maximum Gasteiger partial charge on any atom is 0.198 e. The molecule has 3 aromatic carbocycles. The molecule has 0 bridgehead atoms. The number of hydrogen-bond donors (Lipinski definition) is 2.